The van der Waals surface area contributed by atoms with E-state index in [0.29, 0.717) is 12.3 Å². The molecule has 1 amide bonds. The summed E-state index contributed by atoms with van der Waals surface area (Å²) in [6.07, 6.45) is 4.59. The van der Waals surface area contributed by atoms with Crippen molar-refractivity contribution in [3.8, 4) is 0 Å². The third-order valence-electron chi connectivity index (χ3n) is 6.38. The van der Waals surface area contributed by atoms with Crippen LogP contribution >= 0.6 is 0 Å². The van der Waals surface area contributed by atoms with Crippen molar-refractivity contribution in [3.05, 3.63) is 66.2 Å². The largest absolute Gasteiger partial charge is 0.341 e. The van der Waals surface area contributed by atoms with Gasteiger partial charge < -0.3 is 9.47 Å². The molecule has 6 nitrogen and oxygen atoms in total. The van der Waals surface area contributed by atoms with E-state index >= 15 is 0 Å². The minimum atomic E-state index is -0.246. The number of hydrogen-bond donors (Lipinski definition) is 2. The van der Waals surface area contributed by atoms with Gasteiger partial charge in [-0.05, 0) is 55.0 Å². The van der Waals surface area contributed by atoms with Crippen molar-refractivity contribution >= 4 is 16.9 Å². The number of para-hydroxylation sites is 2. The number of aromatic nitrogens is 2. The van der Waals surface area contributed by atoms with Crippen LogP contribution in [0, 0.1) is 11.7 Å². The molecule has 2 fully saturated rings. The number of hydrogen-bond acceptors (Lipinski definition) is 4. The van der Waals surface area contributed by atoms with Gasteiger partial charge in [0.05, 0.1) is 17.4 Å². The lowest BCUT2D eigenvalue weighted by atomic mass is 9.95. The third kappa shape index (κ3) is 3.82. The molecular weight excluding hydrogens is 381 g/mol. The number of piperidine rings is 1. The van der Waals surface area contributed by atoms with Gasteiger partial charge in [-0.15, -0.1) is 0 Å². The number of fused-ring (bicyclic) bond motifs is 1. The smallest absolute Gasteiger partial charge is 0.241 e. The fourth-order valence-corrected chi connectivity index (χ4v) is 4.62. The number of nitrogens with one attached hydrogen (secondary N) is 2. The Kier molecular flexibility index (Phi) is 5.23. The maximum Gasteiger partial charge on any atom is 0.241 e. The van der Waals surface area contributed by atoms with Crippen molar-refractivity contribution in [2.45, 2.75) is 37.9 Å². The van der Waals surface area contributed by atoms with Gasteiger partial charge in [0.2, 0.25) is 5.91 Å². The highest BCUT2D eigenvalue weighted by Gasteiger charge is 2.34. The van der Waals surface area contributed by atoms with Crippen molar-refractivity contribution in [3.63, 3.8) is 0 Å². The van der Waals surface area contributed by atoms with Crippen LogP contribution in [-0.2, 0) is 11.3 Å². The zero-order valence-corrected chi connectivity index (χ0v) is 16.8. The Bertz CT molecular complexity index is 1030. The molecule has 1 aromatic heterocycles. The molecule has 30 heavy (non-hydrogen) atoms. The fraction of sp³-hybridized carbons (Fsp3) is 0.391. The van der Waals surface area contributed by atoms with E-state index in [1.807, 2.05) is 29.4 Å². The molecule has 2 aliphatic heterocycles. The van der Waals surface area contributed by atoms with Crippen molar-refractivity contribution in [2.75, 3.05) is 13.1 Å². The molecule has 7 heteroatoms. The lowest BCUT2D eigenvalue weighted by molar-refractivity contribution is -0.134. The summed E-state index contributed by atoms with van der Waals surface area (Å²) in [4.78, 5) is 19.4. The Morgan fingerprint density at radius 3 is 2.63 bits per heavy atom. The molecule has 3 heterocycles. The molecule has 0 radical (unpaired) electrons. The number of carbonyl (C=O) groups is 1. The van der Waals surface area contributed by atoms with Crippen molar-refractivity contribution in [1.29, 1.82) is 0 Å². The van der Waals surface area contributed by atoms with Gasteiger partial charge in [0, 0.05) is 25.7 Å². The molecule has 2 unspecified atom stereocenters. The van der Waals surface area contributed by atoms with Gasteiger partial charge >= 0.3 is 0 Å². The normalized spacial score (nSPS) is 22.6. The van der Waals surface area contributed by atoms with Crippen LogP contribution in [0.15, 0.2) is 54.9 Å². The van der Waals surface area contributed by atoms with Gasteiger partial charge in [0.1, 0.15) is 11.9 Å². The molecule has 5 rings (SSSR count). The number of nitrogens with zero attached hydrogens (tertiary/aromatic N) is 3. The minimum absolute atomic E-state index is 0.0200. The summed E-state index contributed by atoms with van der Waals surface area (Å²) in [6, 6.07) is 14.4. The average Bonchev–Trinajstić information content (AvgIpc) is 3.42. The highest BCUT2D eigenvalue weighted by molar-refractivity contribution is 5.82. The predicted molar refractivity (Wildman–Crippen MR) is 113 cm³/mol. The SMILES string of the molecule is O=C(C1CC(c2ccc(F)cc2)NN1)N1CCC(Cn2cnc3ccccc32)CC1. The van der Waals surface area contributed by atoms with Crippen LogP contribution < -0.4 is 10.9 Å². The van der Waals surface area contributed by atoms with Crippen LogP contribution in [0.25, 0.3) is 11.0 Å². The standard InChI is InChI=1S/C23H26FN5O/c24-18-7-5-17(6-8-18)20-13-21(27-26-20)23(30)28-11-9-16(10-12-28)14-29-15-25-19-3-1-2-4-22(19)29/h1-8,15-16,20-21,26-27H,9-14H2. The summed E-state index contributed by atoms with van der Waals surface area (Å²) >= 11 is 0. The monoisotopic (exact) mass is 407 g/mol. The Labute approximate surface area is 175 Å². The highest BCUT2D eigenvalue weighted by Crippen LogP contribution is 2.26. The Hall–Kier alpha value is -2.77. The number of rotatable bonds is 4. The van der Waals surface area contributed by atoms with Gasteiger partial charge in [0.25, 0.3) is 0 Å². The van der Waals surface area contributed by atoms with E-state index in [-0.39, 0.29) is 23.8 Å². The molecule has 2 saturated heterocycles. The number of hydrazine groups is 1. The average molecular weight is 407 g/mol. The lowest BCUT2D eigenvalue weighted by Crippen LogP contribution is -2.48. The first-order chi connectivity index (χ1) is 14.7. The molecule has 2 atom stereocenters. The van der Waals surface area contributed by atoms with E-state index in [1.165, 1.54) is 17.6 Å². The highest BCUT2D eigenvalue weighted by atomic mass is 19.1. The fourth-order valence-electron chi connectivity index (χ4n) is 4.62. The van der Waals surface area contributed by atoms with E-state index in [9.17, 15) is 9.18 Å². The van der Waals surface area contributed by atoms with Crippen LogP contribution in [0.4, 0.5) is 4.39 Å². The van der Waals surface area contributed by atoms with Crippen LogP contribution in [0.5, 0.6) is 0 Å². The van der Waals surface area contributed by atoms with E-state index < -0.39 is 0 Å². The molecule has 0 spiro atoms. The van der Waals surface area contributed by atoms with Crippen LogP contribution in [0.2, 0.25) is 0 Å². The molecule has 0 aliphatic carbocycles. The molecule has 0 saturated carbocycles. The first-order valence-corrected chi connectivity index (χ1v) is 10.6. The van der Waals surface area contributed by atoms with Crippen molar-refractivity contribution in [1.82, 2.24) is 25.3 Å². The zero-order chi connectivity index (χ0) is 20.5. The lowest BCUT2D eigenvalue weighted by Gasteiger charge is -2.33. The predicted octanol–water partition coefficient (Wildman–Crippen LogP) is 3.02. The van der Waals surface area contributed by atoms with Gasteiger partial charge in [-0.3, -0.25) is 4.79 Å². The zero-order valence-electron chi connectivity index (χ0n) is 16.8. The number of halogens is 1. The molecule has 2 aromatic carbocycles. The molecule has 2 N–H and O–H groups in total. The van der Waals surface area contributed by atoms with Gasteiger partial charge in [-0.1, -0.05) is 24.3 Å². The van der Waals surface area contributed by atoms with Gasteiger partial charge in [-0.2, -0.15) is 0 Å². The maximum atomic E-state index is 13.1. The van der Waals surface area contributed by atoms with Crippen LogP contribution in [-0.4, -0.2) is 39.5 Å². The molecule has 156 valence electrons. The Balaban J connectivity index is 1.15. The van der Waals surface area contributed by atoms with E-state index in [1.54, 1.807) is 12.1 Å². The second kappa shape index (κ2) is 8.16. The minimum Gasteiger partial charge on any atom is -0.341 e. The number of amides is 1. The summed E-state index contributed by atoms with van der Waals surface area (Å²) in [6.45, 7) is 2.52. The number of benzene rings is 2. The summed E-state index contributed by atoms with van der Waals surface area (Å²) < 4.78 is 15.4. The maximum absolute atomic E-state index is 13.1. The van der Waals surface area contributed by atoms with Gasteiger partial charge in [0.15, 0.2) is 0 Å². The van der Waals surface area contributed by atoms with Crippen LogP contribution in [0.3, 0.4) is 0 Å². The quantitative estimate of drug-likeness (QED) is 0.698. The second-order valence-electron chi connectivity index (χ2n) is 8.34. The Morgan fingerprint density at radius 2 is 1.83 bits per heavy atom. The molecular formula is C23H26FN5O. The summed E-state index contributed by atoms with van der Waals surface area (Å²) in [5, 5.41) is 0. The molecule has 2 aliphatic rings. The molecule has 0 bridgehead atoms. The number of likely N-dealkylation sites (tertiary alicyclic amines) is 1. The van der Waals surface area contributed by atoms with E-state index in [0.717, 1.165) is 43.6 Å². The number of carbonyl (C=O) groups excluding carboxylic acids is 1. The topological polar surface area (TPSA) is 62.2 Å². The summed E-state index contributed by atoms with van der Waals surface area (Å²) in [5.74, 6) is 0.454. The summed E-state index contributed by atoms with van der Waals surface area (Å²) in [5.41, 5.74) is 9.51. The summed E-state index contributed by atoms with van der Waals surface area (Å²) in [7, 11) is 0. The number of imidazole rings is 1. The van der Waals surface area contributed by atoms with Crippen LogP contribution in [0.1, 0.15) is 30.9 Å². The van der Waals surface area contributed by atoms with Gasteiger partial charge in [-0.25, -0.2) is 20.2 Å². The third-order valence-corrected chi connectivity index (χ3v) is 6.38. The van der Waals surface area contributed by atoms with E-state index in [4.69, 9.17) is 0 Å². The van der Waals surface area contributed by atoms with E-state index in [2.05, 4.69) is 26.5 Å². The first-order valence-electron chi connectivity index (χ1n) is 10.6. The Morgan fingerprint density at radius 1 is 1.07 bits per heavy atom. The molecule has 3 aromatic rings. The first kappa shape index (κ1) is 19.2. The van der Waals surface area contributed by atoms with Crippen molar-refractivity contribution in [2.24, 2.45) is 5.92 Å². The van der Waals surface area contributed by atoms with Crippen molar-refractivity contribution < 1.29 is 9.18 Å². The second-order valence-corrected chi connectivity index (χ2v) is 8.34.